The molecule has 0 unspecified atom stereocenters. The number of phenolic OH excluding ortho intramolecular Hbond substituents is 1. The van der Waals surface area contributed by atoms with Gasteiger partial charge >= 0.3 is 0 Å². The molecule has 5 N–H and O–H groups in total. The third-order valence-corrected chi connectivity index (χ3v) is 2.36. The lowest BCUT2D eigenvalue weighted by Gasteiger charge is -2.07. The molecule has 2 aromatic rings. The van der Waals surface area contributed by atoms with Gasteiger partial charge in [-0.25, -0.2) is 5.10 Å². The summed E-state index contributed by atoms with van der Waals surface area (Å²) < 4.78 is 0. The number of aromatic nitrogens is 3. The molecular formula is C10H13N5O. The van der Waals surface area contributed by atoms with E-state index in [1.165, 1.54) is 0 Å². The molecule has 1 aromatic heterocycles. The number of aromatic amines is 1. The summed E-state index contributed by atoms with van der Waals surface area (Å²) in [5, 5.41) is 18.9. The Balaban J connectivity index is 2.07. The maximum Gasteiger partial charge on any atom is 0.243 e. The lowest BCUT2D eigenvalue weighted by molar-refractivity contribution is 0.470. The molecule has 0 spiro atoms. The molecule has 0 atom stereocenters. The lowest BCUT2D eigenvalue weighted by Crippen LogP contribution is -2.02. The highest BCUT2D eigenvalue weighted by atomic mass is 16.3. The van der Waals surface area contributed by atoms with Crippen LogP contribution in [-0.4, -0.2) is 20.3 Å². The number of nitrogens with two attached hydrogens (primary N) is 1. The van der Waals surface area contributed by atoms with Gasteiger partial charge in [-0.1, -0.05) is 12.1 Å². The number of hydrogen-bond acceptors (Lipinski definition) is 5. The number of H-pyrrole nitrogens is 1. The van der Waals surface area contributed by atoms with Crippen molar-refractivity contribution in [3.8, 4) is 5.75 Å². The molecule has 1 aromatic carbocycles. The van der Waals surface area contributed by atoms with E-state index in [0.717, 1.165) is 11.1 Å². The Morgan fingerprint density at radius 1 is 1.50 bits per heavy atom. The van der Waals surface area contributed by atoms with Gasteiger partial charge in [-0.2, -0.15) is 4.98 Å². The molecule has 0 saturated carbocycles. The first-order chi connectivity index (χ1) is 7.66. The van der Waals surface area contributed by atoms with E-state index in [2.05, 4.69) is 20.5 Å². The number of benzene rings is 1. The van der Waals surface area contributed by atoms with Gasteiger partial charge < -0.3 is 16.2 Å². The fraction of sp³-hybridized carbons (Fsp3) is 0.200. The van der Waals surface area contributed by atoms with Crippen LogP contribution in [0.1, 0.15) is 11.1 Å². The molecule has 1 heterocycles. The summed E-state index contributed by atoms with van der Waals surface area (Å²) in [6.45, 7) is 2.40. The maximum atomic E-state index is 9.52. The van der Waals surface area contributed by atoms with Crippen LogP contribution in [0.5, 0.6) is 5.75 Å². The number of aromatic hydroxyl groups is 1. The molecule has 0 saturated heterocycles. The summed E-state index contributed by atoms with van der Waals surface area (Å²) >= 11 is 0. The monoisotopic (exact) mass is 219 g/mol. The van der Waals surface area contributed by atoms with E-state index < -0.39 is 0 Å². The molecule has 0 radical (unpaired) electrons. The van der Waals surface area contributed by atoms with Crippen LogP contribution >= 0.6 is 0 Å². The van der Waals surface area contributed by atoms with E-state index in [4.69, 9.17) is 5.73 Å². The first-order valence-corrected chi connectivity index (χ1v) is 4.86. The van der Waals surface area contributed by atoms with Crippen molar-refractivity contribution < 1.29 is 5.11 Å². The van der Waals surface area contributed by atoms with Crippen LogP contribution < -0.4 is 11.1 Å². The first kappa shape index (κ1) is 10.3. The number of phenols is 1. The van der Waals surface area contributed by atoms with Crippen LogP contribution in [0, 0.1) is 6.92 Å². The molecule has 6 heteroatoms. The second-order valence-corrected chi connectivity index (χ2v) is 3.46. The largest absolute Gasteiger partial charge is 0.508 e. The van der Waals surface area contributed by atoms with Crippen molar-refractivity contribution in [2.24, 2.45) is 0 Å². The van der Waals surface area contributed by atoms with E-state index in [-0.39, 0.29) is 11.7 Å². The third-order valence-electron chi connectivity index (χ3n) is 2.36. The zero-order valence-corrected chi connectivity index (χ0v) is 8.86. The Labute approximate surface area is 92.5 Å². The molecule has 0 fully saturated rings. The number of rotatable bonds is 3. The molecule has 0 amide bonds. The van der Waals surface area contributed by atoms with Gasteiger partial charge in [-0.05, 0) is 24.1 Å². The standard InChI is InChI=1S/C10H13N5O/c1-6-7(3-2-4-8(6)16)5-12-10-13-9(11)14-15-10/h2-4,16H,5H2,1H3,(H4,11,12,13,14,15). The van der Waals surface area contributed by atoms with E-state index >= 15 is 0 Å². The average molecular weight is 219 g/mol. The lowest BCUT2D eigenvalue weighted by atomic mass is 10.1. The SMILES string of the molecule is Cc1c(O)cccc1CNc1n[nH]c(N)n1. The molecular weight excluding hydrogens is 206 g/mol. The zero-order valence-electron chi connectivity index (χ0n) is 8.86. The average Bonchev–Trinajstić information content (AvgIpc) is 2.67. The number of nitrogens with one attached hydrogen (secondary N) is 2. The Morgan fingerprint density at radius 2 is 2.31 bits per heavy atom. The van der Waals surface area contributed by atoms with Gasteiger partial charge in [0.05, 0.1) is 0 Å². The summed E-state index contributed by atoms with van der Waals surface area (Å²) in [5.41, 5.74) is 7.23. The van der Waals surface area contributed by atoms with Crippen molar-refractivity contribution in [3.63, 3.8) is 0 Å². The van der Waals surface area contributed by atoms with E-state index in [1.807, 2.05) is 13.0 Å². The van der Waals surface area contributed by atoms with E-state index in [1.54, 1.807) is 12.1 Å². The molecule has 6 nitrogen and oxygen atoms in total. The number of nitrogens with zero attached hydrogens (tertiary/aromatic N) is 2. The van der Waals surface area contributed by atoms with Crippen molar-refractivity contribution in [2.45, 2.75) is 13.5 Å². The van der Waals surface area contributed by atoms with Crippen LogP contribution in [-0.2, 0) is 6.54 Å². The predicted molar refractivity (Wildman–Crippen MR) is 61.0 cm³/mol. The summed E-state index contributed by atoms with van der Waals surface area (Å²) in [5.74, 6) is 1.00. The summed E-state index contributed by atoms with van der Waals surface area (Å²) in [6, 6.07) is 5.38. The van der Waals surface area contributed by atoms with Crippen LogP contribution in [0.15, 0.2) is 18.2 Å². The van der Waals surface area contributed by atoms with Crippen LogP contribution in [0.25, 0.3) is 0 Å². The Hall–Kier alpha value is -2.24. The highest BCUT2D eigenvalue weighted by molar-refractivity contribution is 5.40. The zero-order chi connectivity index (χ0) is 11.5. The van der Waals surface area contributed by atoms with Gasteiger partial charge in [0.2, 0.25) is 11.9 Å². The van der Waals surface area contributed by atoms with E-state index in [0.29, 0.717) is 12.5 Å². The highest BCUT2D eigenvalue weighted by Crippen LogP contribution is 2.19. The minimum absolute atomic E-state index is 0.273. The van der Waals surface area contributed by atoms with Gasteiger partial charge in [0.25, 0.3) is 0 Å². The second kappa shape index (κ2) is 4.09. The molecule has 2 rings (SSSR count). The number of hydrogen-bond donors (Lipinski definition) is 4. The van der Waals surface area contributed by atoms with Gasteiger partial charge in [-0.3, -0.25) is 0 Å². The summed E-state index contributed by atoms with van der Waals surface area (Å²) in [7, 11) is 0. The third kappa shape index (κ3) is 2.05. The van der Waals surface area contributed by atoms with Crippen LogP contribution in [0.4, 0.5) is 11.9 Å². The molecule has 0 bridgehead atoms. The van der Waals surface area contributed by atoms with Gasteiger partial charge in [0, 0.05) is 6.54 Å². The Bertz CT molecular complexity index is 494. The minimum Gasteiger partial charge on any atom is -0.508 e. The van der Waals surface area contributed by atoms with Gasteiger partial charge in [0.1, 0.15) is 5.75 Å². The van der Waals surface area contributed by atoms with Crippen LogP contribution in [0.2, 0.25) is 0 Å². The molecule has 0 aliphatic carbocycles. The minimum atomic E-state index is 0.273. The fourth-order valence-corrected chi connectivity index (χ4v) is 1.39. The quantitative estimate of drug-likeness (QED) is 0.617. The fourth-order valence-electron chi connectivity index (χ4n) is 1.39. The first-order valence-electron chi connectivity index (χ1n) is 4.86. The van der Waals surface area contributed by atoms with Crippen LogP contribution in [0.3, 0.4) is 0 Å². The van der Waals surface area contributed by atoms with Crippen molar-refractivity contribution in [2.75, 3.05) is 11.1 Å². The van der Waals surface area contributed by atoms with E-state index in [9.17, 15) is 5.11 Å². The molecule has 84 valence electrons. The summed E-state index contributed by atoms with van der Waals surface area (Å²) in [6.07, 6.45) is 0. The van der Waals surface area contributed by atoms with Crippen molar-refractivity contribution >= 4 is 11.9 Å². The second-order valence-electron chi connectivity index (χ2n) is 3.46. The number of anilines is 2. The van der Waals surface area contributed by atoms with Crippen molar-refractivity contribution in [1.29, 1.82) is 0 Å². The smallest absolute Gasteiger partial charge is 0.243 e. The Morgan fingerprint density at radius 3 is 3.00 bits per heavy atom. The highest BCUT2D eigenvalue weighted by Gasteiger charge is 2.04. The number of nitrogen functional groups attached to an aromatic ring is 1. The summed E-state index contributed by atoms with van der Waals surface area (Å²) in [4.78, 5) is 3.92. The maximum absolute atomic E-state index is 9.52. The molecule has 16 heavy (non-hydrogen) atoms. The molecule has 0 aliphatic rings. The topological polar surface area (TPSA) is 99.8 Å². The normalized spacial score (nSPS) is 10.3. The van der Waals surface area contributed by atoms with Gasteiger partial charge in [-0.15, -0.1) is 5.10 Å². The van der Waals surface area contributed by atoms with Crippen molar-refractivity contribution in [3.05, 3.63) is 29.3 Å². The molecule has 0 aliphatic heterocycles. The Kier molecular flexibility index (Phi) is 2.63. The van der Waals surface area contributed by atoms with Gasteiger partial charge in [0.15, 0.2) is 0 Å². The predicted octanol–water partition coefficient (Wildman–Crippen LogP) is 1.01. The van der Waals surface area contributed by atoms with Crippen molar-refractivity contribution in [1.82, 2.24) is 15.2 Å².